The van der Waals surface area contributed by atoms with E-state index < -0.39 is 17.0 Å². The molecule has 0 aliphatic carbocycles. The Labute approximate surface area is 229 Å². The predicted octanol–water partition coefficient (Wildman–Crippen LogP) is 8.91. The molecule has 4 nitrogen and oxygen atoms in total. The molecule has 2 amide bonds. The summed E-state index contributed by atoms with van der Waals surface area (Å²) in [6.07, 6.45) is 1.48. The van der Waals surface area contributed by atoms with Crippen LogP contribution >= 0.6 is 69.8 Å². The zero-order chi connectivity index (χ0) is 25.3. The van der Waals surface area contributed by atoms with Gasteiger partial charge in [-0.1, -0.05) is 70.1 Å². The summed E-state index contributed by atoms with van der Waals surface area (Å²) in [6.45, 7) is -0.179. The van der Waals surface area contributed by atoms with Crippen LogP contribution in [0.3, 0.4) is 0 Å². The van der Waals surface area contributed by atoms with Crippen LogP contribution in [0.1, 0.15) is 16.7 Å². The van der Waals surface area contributed by atoms with Crippen LogP contribution in [0.5, 0.6) is 5.75 Å². The molecule has 4 rings (SSSR count). The van der Waals surface area contributed by atoms with Crippen molar-refractivity contribution in [1.82, 2.24) is 4.90 Å². The number of hydrogen-bond acceptors (Lipinski definition) is 4. The van der Waals surface area contributed by atoms with E-state index in [0.717, 1.165) is 16.7 Å². The van der Waals surface area contributed by atoms with E-state index in [1.165, 1.54) is 24.3 Å². The van der Waals surface area contributed by atoms with Crippen molar-refractivity contribution in [2.45, 2.75) is 13.2 Å². The molecule has 11 heteroatoms. The fourth-order valence-corrected chi connectivity index (χ4v) is 5.36. The normalized spacial score (nSPS) is 14.8. The van der Waals surface area contributed by atoms with Crippen LogP contribution in [0.4, 0.5) is 9.18 Å². The maximum atomic E-state index is 14.1. The lowest BCUT2D eigenvalue weighted by atomic mass is 10.1. The first-order valence-electron chi connectivity index (χ1n) is 9.88. The third-order valence-electron chi connectivity index (χ3n) is 4.96. The van der Waals surface area contributed by atoms with E-state index in [0.29, 0.717) is 21.2 Å². The monoisotopic (exact) mass is 589 g/mol. The molecule has 180 valence electrons. The number of hydrogen-bond donors (Lipinski definition) is 0. The van der Waals surface area contributed by atoms with Crippen molar-refractivity contribution < 1.29 is 18.7 Å². The Balaban J connectivity index is 1.52. The van der Waals surface area contributed by atoms with E-state index in [1.807, 2.05) is 0 Å². The Hall–Kier alpha value is -1.93. The highest BCUT2D eigenvalue weighted by Crippen LogP contribution is 2.39. The van der Waals surface area contributed by atoms with E-state index in [4.69, 9.17) is 62.7 Å². The lowest BCUT2D eigenvalue weighted by Crippen LogP contribution is -2.28. The fourth-order valence-electron chi connectivity index (χ4n) is 3.22. The molecule has 0 saturated carbocycles. The number of thioether (sulfide) groups is 1. The average molecular weight is 592 g/mol. The number of carbonyl (C=O) groups excluding carboxylic acids is 2. The second-order valence-corrected chi connectivity index (χ2v) is 10.4. The Morgan fingerprint density at radius 1 is 0.914 bits per heavy atom. The molecule has 3 aromatic rings. The molecule has 1 aliphatic heterocycles. The minimum absolute atomic E-state index is 0.0612. The summed E-state index contributed by atoms with van der Waals surface area (Å²) in [5.74, 6) is -0.947. The summed E-state index contributed by atoms with van der Waals surface area (Å²) < 4.78 is 19.9. The van der Waals surface area contributed by atoms with Gasteiger partial charge in [0.2, 0.25) is 0 Å². The number of halogens is 6. The second-order valence-electron chi connectivity index (χ2n) is 7.31. The summed E-state index contributed by atoms with van der Waals surface area (Å²) in [5.41, 5.74) is 1.23. The lowest BCUT2D eigenvalue weighted by molar-refractivity contribution is -0.123. The van der Waals surface area contributed by atoms with Gasteiger partial charge in [0, 0.05) is 26.2 Å². The molecule has 1 aliphatic rings. The smallest absolute Gasteiger partial charge is 0.293 e. The molecular weight excluding hydrogens is 579 g/mol. The minimum atomic E-state index is -0.602. The van der Waals surface area contributed by atoms with Crippen molar-refractivity contribution in [3.8, 4) is 5.75 Å². The van der Waals surface area contributed by atoms with Crippen molar-refractivity contribution in [3.05, 3.63) is 101 Å². The Bertz CT molecular complexity index is 1340. The first kappa shape index (κ1) is 26.1. The first-order valence-corrected chi connectivity index (χ1v) is 12.6. The SMILES string of the molecule is O=C1S/C(=C\c2cc(Cl)c(OCc3ccc(Cl)cc3Cl)c(Cl)c2)C(=O)N1Cc1c(F)cccc1Cl. The maximum Gasteiger partial charge on any atom is 0.293 e. The maximum absolute atomic E-state index is 14.1. The zero-order valence-electron chi connectivity index (χ0n) is 17.5. The van der Waals surface area contributed by atoms with Crippen molar-refractivity contribution in [2.75, 3.05) is 0 Å². The molecule has 0 atom stereocenters. The van der Waals surface area contributed by atoms with Crippen LogP contribution in [0.2, 0.25) is 25.1 Å². The molecule has 0 bridgehead atoms. The molecule has 1 saturated heterocycles. The van der Waals surface area contributed by atoms with E-state index in [2.05, 4.69) is 0 Å². The van der Waals surface area contributed by atoms with Gasteiger partial charge >= 0.3 is 0 Å². The van der Waals surface area contributed by atoms with E-state index in [-0.39, 0.29) is 44.4 Å². The highest BCUT2D eigenvalue weighted by Gasteiger charge is 2.36. The number of carbonyl (C=O) groups is 2. The first-order chi connectivity index (χ1) is 16.6. The van der Waals surface area contributed by atoms with Gasteiger partial charge in [-0.2, -0.15) is 0 Å². The van der Waals surface area contributed by atoms with E-state index in [9.17, 15) is 14.0 Å². The number of imide groups is 1. The van der Waals surface area contributed by atoms with Gasteiger partial charge in [0.1, 0.15) is 12.4 Å². The third kappa shape index (κ3) is 5.91. The number of benzene rings is 3. The van der Waals surface area contributed by atoms with Crippen LogP contribution in [0, 0.1) is 5.82 Å². The van der Waals surface area contributed by atoms with Gasteiger partial charge < -0.3 is 4.74 Å². The second kappa shape index (κ2) is 11.0. The molecule has 0 N–H and O–H groups in total. The van der Waals surface area contributed by atoms with Gasteiger partial charge in [-0.3, -0.25) is 14.5 Å². The molecule has 0 spiro atoms. The standard InChI is InChI=1S/C24H13Cl5FNO3S/c25-14-5-4-13(17(27)9-14)11-34-22-18(28)6-12(7-19(22)29)8-21-23(32)31(24(33)35-21)10-15-16(26)2-1-3-20(15)30/h1-9H,10-11H2/b21-8-. The van der Waals surface area contributed by atoms with Gasteiger partial charge in [0.25, 0.3) is 11.1 Å². The van der Waals surface area contributed by atoms with Gasteiger partial charge in [0.05, 0.1) is 21.5 Å². The van der Waals surface area contributed by atoms with E-state index >= 15 is 0 Å². The average Bonchev–Trinajstić information content (AvgIpc) is 3.04. The Kier molecular flexibility index (Phi) is 8.21. The summed E-state index contributed by atoms with van der Waals surface area (Å²) in [6, 6.07) is 12.3. The summed E-state index contributed by atoms with van der Waals surface area (Å²) >= 11 is 31.6. The van der Waals surface area contributed by atoms with Gasteiger partial charge in [0.15, 0.2) is 5.75 Å². The number of nitrogens with zero attached hydrogens (tertiary/aromatic N) is 1. The summed E-state index contributed by atoms with van der Waals surface area (Å²) in [7, 11) is 0. The van der Waals surface area contributed by atoms with Crippen LogP contribution in [-0.4, -0.2) is 16.0 Å². The van der Waals surface area contributed by atoms with Crippen molar-refractivity contribution >= 4 is 87.0 Å². The molecular formula is C24H13Cl5FNO3S. The van der Waals surface area contributed by atoms with Crippen LogP contribution in [-0.2, 0) is 17.9 Å². The molecule has 0 aromatic heterocycles. The predicted molar refractivity (Wildman–Crippen MR) is 140 cm³/mol. The molecule has 35 heavy (non-hydrogen) atoms. The van der Waals surface area contributed by atoms with Crippen molar-refractivity contribution in [2.24, 2.45) is 0 Å². The topological polar surface area (TPSA) is 46.6 Å². The fraction of sp³-hybridized carbons (Fsp3) is 0.0833. The summed E-state index contributed by atoms with van der Waals surface area (Å²) in [4.78, 5) is 26.3. The third-order valence-corrected chi connectivity index (χ3v) is 7.37. The molecule has 0 radical (unpaired) electrons. The van der Waals surface area contributed by atoms with Gasteiger partial charge in [-0.15, -0.1) is 0 Å². The lowest BCUT2D eigenvalue weighted by Gasteiger charge is -2.14. The zero-order valence-corrected chi connectivity index (χ0v) is 22.1. The summed E-state index contributed by atoms with van der Waals surface area (Å²) in [5, 5.41) is 0.923. The van der Waals surface area contributed by atoms with Gasteiger partial charge in [-0.05, 0) is 59.8 Å². The van der Waals surface area contributed by atoms with Crippen LogP contribution in [0.25, 0.3) is 6.08 Å². The molecule has 0 unspecified atom stereocenters. The van der Waals surface area contributed by atoms with Crippen molar-refractivity contribution in [3.63, 3.8) is 0 Å². The quantitative estimate of drug-likeness (QED) is 0.269. The molecule has 1 heterocycles. The van der Waals surface area contributed by atoms with Gasteiger partial charge in [-0.25, -0.2) is 4.39 Å². The van der Waals surface area contributed by atoms with Crippen LogP contribution in [0.15, 0.2) is 53.4 Å². The highest BCUT2D eigenvalue weighted by molar-refractivity contribution is 8.18. The number of rotatable bonds is 6. The van der Waals surface area contributed by atoms with E-state index in [1.54, 1.807) is 30.3 Å². The van der Waals surface area contributed by atoms with Crippen molar-refractivity contribution in [1.29, 1.82) is 0 Å². The van der Waals surface area contributed by atoms with Crippen LogP contribution < -0.4 is 4.74 Å². The number of amides is 2. The Morgan fingerprint density at radius 2 is 1.63 bits per heavy atom. The number of ether oxygens (including phenoxy) is 1. The Morgan fingerprint density at radius 3 is 2.29 bits per heavy atom. The molecule has 1 fully saturated rings. The highest BCUT2D eigenvalue weighted by atomic mass is 35.5. The molecule has 3 aromatic carbocycles. The minimum Gasteiger partial charge on any atom is -0.486 e. The largest absolute Gasteiger partial charge is 0.486 e.